The summed E-state index contributed by atoms with van der Waals surface area (Å²) in [5.74, 6) is -0.695. The maximum absolute atomic E-state index is 10.4. The highest BCUT2D eigenvalue weighted by molar-refractivity contribution is 5.75. The number of carbonyl (C=O) groups is 1. The van der Waals surface area contributed by atoms with Gasteiger partial charge >= 0.3 is 5.97 Å². The van der Waals surface area contributed by atoms with E-state index in [1.807, 2.05) is 0 Å². The van der Waals surface area contributed by atoms with E-state index in [0.717, 1.165) is 19.3 Å². The lowest BCUT2D eigenvalue weighted by Crippen LogP contribution is -2.39. The molecular weight excluding hydrogens is 130 g/mol. The van der Waals surface area contributed by atoms with Gasteiger partial charge in [0.25, 0.3) is 0 Å². The highest BCUT2D eigenvalue weighted by Crippen LogP contribution is 2.64. The predicted octanol–water partition coefficient (Wildman–Crippen LogP) is 0.198. The van der Waals surface area contributed by atoms with Gasteiger partial charge in [0.05, 0.1) is 5.92 Å². The smallest absolute Gasteiger partial charge is 0.307 e. The van der Waals surface area contributed by atoms with E-state index in [1.54, 1.807) is 0 Å². The summed E-state index contributed by atoms with van der Waals surface area (Å²) in [6.45, 7) is 0. The van der Waals surface area contributed by atoms with Crippen molar-refractivity contribution in [2.24, 2.45) is 17.1 Å². The molecular formula is C7H11NO2. The summed E-state index contributed by atoms with van der Waals surface area (Å²) >= 11 is 0. The van der Waals surface area contributed by atoms with Gasteiger partial charge in [0, 0.05) is 6.04 Å². The van der Waals surface area contributed by atoms with Crippen LogP contribution in [0.2, 0.25) is 0 Å². The van der Waals surface area contributed by atoms with E-state index in [-0.39, 0.29) is 17.4 Å². The van der Waals surface area contributed by atoms with E-state index >= 15 is 0 Å². The standard InChI is InChI=1S/C7H11NO2/c8-4-1-7(2-4)3-5(7)6(9)10/h4-5H,1-3,8H2,(H,9,10). The summed E-state index contributed by atoms with van der Waals surface area (Å²) in [6.07, 6.45) is 2.74. The van der Waals surface area contributed by atoms with E-state index in [2.05, 4.69) is 0 Å². The van der Waals surface area contributed by atoms with Crippen molar-refractivity contribution in [1.82, 2.24) is 0 Å². The number of nitrogens with two attached hydrogens (primary N) is 1. The first kappa shape index (κ1) is 6.16. The molecule has 10 heavy (non-hydrogen) atoms. The van der Waals surface area contributed by atoms with Gasteiger partial charge in [0.15, 0.2) is 0 Å². The Labute approximate surface area is 59.2 Å². The molecule has 0 aromatic carbocycles. The van der Waals surface area contributed by atoms with Crippen molar-refractivity contribution < 1.29 is 9.90 Å². The Morgan fingerprint density at radius 3 is 2.40 bits per heavy atom. The number of hydrogen-bond acceptors (Lipinski definition) is 2. The van der Waals surface area contributed by atoms with E-state index in [1.165, 1.54) is 0 Å². The average molecular weight is 141 g/mol. The second-order valence-electron chi connectivity index (χ2n) is 3.63. The molecule has 3 heteroatoms. The molecule has 0 amide bonds. The number of rotatable bonds is 1. The van der Waals surface area contributed by atoms with E-state index < -0.39 is 5.97 Å². The first-order chi connectivity index (χ1) is 4.64. The fraction of sp³-hybridized carbons (Fsp3) is 0.857. The molecule has 1 atom stereocenters. The number of carboxylic acids is 1. The summed E-state index contributed by atoms with van der Waals surface area (Å²) in [5, 5.41) is 8.60. The Balaban J connectivity index is 1.96. The molecule has 0 heterocycles. The Hall–Kier alpha value is -0.570. The normalized spacial score (nSPS) is 50.5. The van der Waals surface area contributed by atoms with Gasteiger partial charge in [-0.25, -0.2) is 0 Å². The summed E-state index contributed by atoms with van der Waals surface area (Å²) in [7, 11) is 0. The van der Waals surface area contributed by atoms with Crippen LogP contribution in [0.25, 0.3) is 0 Å². The maximum Gasteiger partial charge on any atom is 0.307 e. The minimum atomic E-state index is -0.632. The fourth-order valence-electron chi connectivity index (χ4n) is 2.13. The van der Waals surface area contributed by atoms with E-state index in [4.69, 9.17) is 10.8 Å². The molecule has 3 nitrogen and oxygen atoms in total. The molecule has 0 aromatic rings. The van der Waals surface area contributed by atoms with Crippen LogP contribution in [0.1, 0.15) is 19.3 Å². The molecule has 2 aliphatic rings. The van der Waals surface area contributed by atoms with Crippen LogP contribution in [0.5, 0.6) is 0 Å². The van der Waals surface area contributed by atoms with Crippen molar-refractivity contribution in [3.8, 4) is 0 Å². The third-order valence-electron chi connectivity index (χ3n) is 2.83. The van der Waals surface area contributed by atoms with Gasteiger partial charge in [0.2, 0.25) is 0 Å². The number of carboxylic acid groups (broad SMARTS) is 1. The lowest BCUT2D eigenvalue weighted by Gasteiger charge is -2.33. The van der Waals surface area contributed by atoms with Crippen LogP contribution >= 0.6 is 0 Å². The summed E-state index contributed by atoms with van der Waals surface area (Å²) in [6, 6.07) is 0.282. The van der Waals surface area contributed by atoms with Gasteiger partial charge in [-0.2, -0.15) is 0 Å². The van der Waals surface area contributed by atoms with Gasteiger partial charge in [0.1, 0.15) is 0 Å². The largest absolute Gasteiger partial charge is 0.481 e. The van der Waals surface area contributed by atoms with Crippen molar-refractivity contribution in [2.45, 2.75) is 25.3 Å². The second kappa shape index (κ2) is 1.53. The van der Waals surface area contributed by atoms with Gasteiger partial charge in [-0.05, 0) is 24.7 Å². The lowest BCUT2D eigenvalue weighted by molar-refractivity contribution is -0.140. The maximum atomic E-state index is 10.4. The van der Waals surface area contributed by atoms with Gasteiger partial charge in [-0.3, -0.25) is 4.79 Å². The summed E-state index contributed by atoms with van der Waals surface area (Å²) < 4.78 is 0. The molecule has 2 fully saturated rings. The van der Waals surface area contributed by atoms with Crippen LogP contribution in [-0.4, -0.2) is 17.1 Å². The van der Waals surface area contributed by atoms with Crippen molar-refractivity contribution in [1.29, 1.82) is 0 Å². The van der Waals surface area contributed by atoms with Gasteiger partial charge in [-0.15, -0.1) is 0 Å². The molecule has 56 valence electrons. The van der Waals surface area contributed by atoms with Crippen molar-refractivity contribution in [2.75, 3.05) is 0 Å². The van der Waals surface area contributed by atoms with E-state index in [0.29, 0.717) is 0 Å². The second-order valence-corrected chi connectivity index (χ2v) is 3.63. The zero-order valence-corrected chi connectivity index (χ0v) is 5.71. The molecule has 1 spiro atoms. The quantitative estimate of drug-likeness (QED) is 0.548. The molecule has 1 unspecified atom stereocenters. The molecule has 0 aliphatic heterocycles. The molecule has 2 rings (SSSR count). The Kier molecular flexibility index (Phi) is 0.944. The van der Waals surface area contributed by atoms with Crippen LogP contribution < -0.4 is 5.73 Å². The molecule has 0 bridgehead atoms. The van der Waals surface area contributed by atoms with Crippen LogP contribution in [0, 0.1) is 11.3 Å². The van der Waals surface area contributed by atoms with Gasteiger partial charge in [-0.1, -0.05) is 0 Å². The fourth-order valence-corrected chi connectivity index (χ4v) is 2.13. The van der Waals surface area contributed by atoms with E-state index in [9.17, 15) is 4.79 Å². The highest BCUT2D eigenvalue weighted by Gasteiger charge is 2.63. The van der Waals surface area contributed by atoms with Crippen molar-refractivity contribution in [3.63, 3.8) is 0 Å². The van der Waals surface area contributed by atoms with Crippen LogP contribution in [0.15, 0.2) is 0 Å². The first-order valence-corrected chi connectivity index (χ1v) is 3.62. The highest BCUT2D eigenvalue weighted by atomic mass is 16.4. The molecule has 0 radical (unpaired) electrons. The van der Waals surface area contributed by atoms with Crippen LogP contribution in [-0.2, 0) is 4.79 Å². The summed E-state index contributed by atoms with van der Waals surface area (Å²) in [4.78, 5) is 10.4. The third kappa shape index (κ3) is 0.611. The molecule has 2 aliphatic carbocycles. The first-order valence-electron chi connectivity index (χ1n) is 3.62. The Morgan fingerprint density at radius 1 is 1.50 bits per heavy atom. The third-order valence-corrected chi connectivity index (χ3v) is 2.83. The van der Waals surface area contributed by atoms with Crippen molar-refractivity contribution >= 4 is 5.97 Å². The van der Waals surface area contributed by atoms with Crippen LogP contribution in [0.4, 0.5) is 0 Å². The molecule has 0 saturated heterocycles. The zero-order valence-electron chi connectivity index (χ0n) is 5.71. The van der Waals surface area contributed by atoms with Crippen LogP contribution in [0.3, 0.4) is 0 Å². The minimum absolute atomic E-state index is 0.0627. The Morgan fingerprint density at radius 2 is 2.10 bits per heavy atom. The average Bonchev–Trinajstić information content (AvgIpc) is 2.40. The van der Waals surface area contributed by atoms with Crippen molar-refractivity contribution in [3.05, 3.63) is 0 Å². The Bertz CT molecular complexity index is 184. The predicted molar refractivity (Wildman–Crippen MR) is 35.4 cm³/mol. The minimum Gasteiger partial charge on any atom is -0.481 e. The summed E-state index contributed by atoms with van der Waals surface area (Å²) in [5.41, 5.74) is 5.72. The zero-order chi connectivity index (χ0) is 7.35. The topological polar surface area (TPSA) is 63.3 Å². The number of hydrogen-bond donors (Lipinski definition) is 2. The monoisotopic (exact) mass is 141 g/mol. The molecule has 3 N–H and O–H groups in total. The SMILES string of the molecule is NC1CC2(C1)CC2C(=O)O. The molecule has 2 saturated carbocycles. The molecule has 0 aromatic heterocycles. The lowest BCUT2D eigenvalue weighted by atomic mass is 9.76. The number of aliphatic carboxylic acids is 1. The van der Waals surface area contributed by atoms with Gasteiger partial charge < -0.3 is 10.8 Å².